The Bertz CT molecular complexity index is 970. The molecule has 0 aromatic carbocycles. The second-order valence-electron chi connectivity index (χ2n) is 15.1. The van der Waals surface area contributed by atoms with Crippen molar-refractivity contribution in [3.63, 3.8) is 0 Å². The lowest BCUT2D eigenvalue weighted by atomic mass is 9.66. The third-order valence-corrected chi connectivity index (χ3v) is 10.5. The second-order valence-corrected chi connectivity index (χ2v) is 15.1. The molecule has 306 valence electrons. The van der Waals surface area contributed by atoms with Crippen molar-refractivity contribution in [2.75, 3.05) is 13.2 Å². The minimum Gasteiger partial charge on any atom is -0.462 e. The number of esters is 1. The number of Topliss-reactive ketones (excluding diaryl/α,β-unsaturated/α-hetero) is 3. The average Bonchev–Trinajstić information content (AvgIpc) is 3.14. The third kappa shape index (κ3) is 17.6. The van der Waals surface area contributed by atoms with Crippen molar-refractivity contribution in [1.29, 1.82) is 0 Å². The number of aliphatic hydroxyl groups is 5. The summed E-state index contributed by atoms with van der Waals surface area (Å²) in [6.07, 6.45) is 15.9. The number of unbranched alkanes of at least 4 members (excludes halogenated alkanes) is 20. The zero-order chi connectivity index (χ0) is 39.3. The van der Waals surface area contributed by atoms with Crippen LogP contribution in [0.5, 0.6) is 0 Å². The second kappa shape index (κ2) is 29.6. The molecule has 10 heteroatoms. The topological polar surface area (TPSA) is 179 Å². The zero-order valence-electron chi connectivity index (χ0n) is 33.6. The Morgan fingerprint density at radius 3 is 1.19 bits per heavy atom. The highest BCUT2D eigenvalue weighted by molar-refractivity contribution is 6.01. The highest BCUT2D eigenvalue weighted by atomic mass is 16.5. The molecule has 0 saturated carbocycles. The summed E-state index contributed by atoms with van der Waals surface area (Å²) >= 11 is 0. The Morgan fingerprint density at radius 1 is 0.481 bits per heavy atom. The van der Waals surface area contributed by atoms with Crippen LogP contribution in [0.1, 0.15) is 207 Å². The van der Waals surface area contributed by atoms with E-state index >= 15 is 0 Å². The minimum absolute atomic E-state index is 0.0160. The van der Waals surface area contributed by atoms with E-state index in [0.29, 0.717) is 38.5 Å². The van der Waals surface area contributed by atoms with E-state index in [9.17, 15) is 44.7 Å². The molecule has 0 bridgehead atoms. The van der Waals surface area contributed by atoms with Crippen molar-refractivity contribution < 1.29 is 49.4 Å². The largest absolute Gasteiger partial charge is 0.462 e. The number of ketones is 3. The van der Waals surface area contributed by atoms with Crippen LogP contribution in [0.25, 0.3) is 0 Å². The fraction of sp³-hybridized carbons (Fsp3) is 0.905. The molecule has 5 N–H and O–H groups in total. The first-order valence-corrected chi connectivity index (χ1v) is 21.1. The lowest BCUT2D eigenvalue weighted by molar-refractivity contribution is -0.245. The molecule has 4 atom stereocenters. The number of carbonyl (C=O) groups excluding carboxylic acids is 4. The monoisotopic (exact) mass is 743 g/mol. The molecular weight excluding hydrogens is 664 g/mol. The van der Waals surface area contributed by atoms with Crippen molar-refractivity contribution >= 4 is 23.3 Å². The Morgan fingerprint density at radius 2 is 0.808 bits per heavy atom. The Labute approximate surface area is 315 Å². The quantitative estimate of drug-likeness (QED) is 0.0312. The molecule has 0 unspecified atom stereocenters. The first-order chi connectivity index (χ1) is 24.9. The SMILES string of the molecule is CCCCCCCCC(=O)OC[C@](O)(C(=O)CCCCCCCC)[C@](O)(C(=O)CCCCCCCC)[C@H](O)[C@@](O)(CO)C(=O)CCCCCCCC. The molecule has 0 amide bonds. The predicted octanol–water partition coefficient (Wildman–Crippen LogP) is 7.79. The number of hydrogen-bond acceptors (Lipinski definition) is 10. The van der Waals surface area contributed by atoms with E-state index in [2.05, 4.69) is 27.7 Å². The van der Waals surface area contributed by atoms with E-state index in [-0.39, 0.29) is 32.1 Å². The van der Waals surface area contributed by atoms with Gasteiger partial charge in [0.2, 0.25) is 0 Å². The van der Waals surface area contributed by atoms with E-state index in [1.54, 1.807) is 0 Å². The Kier molecular flexibility index (Phi) is 28.6. The summed E-state index contributed by atoms with van der Waals surface area (Å²) in [6.45, 7) is 5.82. The van der Waals surface area contributed by atoms with Crippen LogP contribution in [0.3, 0.4) is 0 Å². The van der Waals surface area contributed by atoms with Crippen LogP contribution in [0.4, 0.5) is 0 Å². The van der Waals surface area contributed by atoms with Gasteiger partial charge in [-0.15, -0.1) is 0 Å². The van der Waals surface area contributed by atoms with Gasteiger partial charge in [-0.1, -0.05) is 156 Å². The van der Waals surface area contributed by atoms with Crippen LogP contribution >= 0.6 is 0 Å². The first-order valence-electron chi connectivity index (χ1n) is 21.1. The highest BCUT2D eigenvalue weighted by Gasteiger charge is 2.68. The average molecular weight is 743 g/mol. The van der Waals surface area contributed by atoms with Gasteiger partial charge < -0.3 is 30.3 Å². The van der Waals surface area contributed by atoms with Gasteiger partial charge in [0.25, 0.3) is 0 Å². The van der Waals surface area contributed by atoms with Crippen LogP contribution < -0.4 is 0 Å². The minimum atomic E-state index is -3.47. The summed E-state index contributed by atoms with van der Waals surface area (Å²) in [5.41, 5.74) is -9.74. The molecule has 0 rings (SSSR count). The van der Waals surface area contributed by atoms with Gasteiger partial charge in [0, 0.05) is 25.7 Å². The van der Waals surface area contributed by atoms with Gasteiger partial charge in [-0.05, 0) is 25.7 Å². The number of ether oxygens (including phenoxy) is 1. The lowest BCUT2D eigenvalue weighted by Crippen LogP contribution is -2.77. The van der Waals surface area contributed by atoms with Crippen molar-refractivity contribution in [2.45, 2.75) is 230 Å². The fourth-order valence-electron chi connectivity index (χ4n) is 6.80. The summed E-state index contributed by atoms with van der Waals surface area (Å²) in [4.78, 5) is 54.5. The Balaban J connectivity index is 6.56. The molecule has 0 aliphatic rings. The summed E-state index contributed by atoms with van der Waals surface area (Å²) in [5.74, 6) is -3.98. The summed E-state index contributed by atoms with van der Waals surface area (Å²) < 4.78 is 5.39. The maximum Gasteiger partial charge on any atom is 0.305 e. The lowest BCUT2D eigenvalue weighted by Gasteiger charge is -2.47. The molecule has 0 aromatic heterocycles. The zero-order valence-corrected chi connectivity index (χ0v) is 33.6. The summed E-state index contributed by atoms with van der Waals surface area (Å²) in [7, 11) is 0. The van der Waals surface area contributed by atoms with Gasteiger partial charge in [0.1, 0.15) is 12.7 Å². The maximum absolute atomic E-state index is 14.1. The molecule has 10 nitrogen and oxygen atoms in total. The standard InChI is InChI=1S/C42H78O10/c1-5-9-13-17-21-25-29-35(44)40(49,33-43)39(48)42(51,37(46)31-27-23-19-15-11-7-3)41(50,36(45)30-26-22-18-14-10-6-2)34-52-38(47)32-28-24-20-16-12-8-4/h39,43,48-51H,5-34H2,1-4H3/t39-,40-,41+,42+/m1/s1. The summed E-state index contributed by atoms with van der Waals surface area (Å²) in [6, 6.07) is 0. The molecule has 0 saturated heterocycles. The highest BCUT2D eigenvalue weighted by Crippen LogP contribution is 2.38. The van der Waals surface area contributed by atoms with Crippen molar-refractivity contribution in [3.8, 4) is 0 Å². The molecule has 52 heavy (non-hydrogen) atoms. The molecule has 0 radical (unpaired) electrons. The molecular formula is C42H78O10. The van der Waals surface area contributed by atoms with Crippen LogP contribution in [0.15, 0.2) is 0 Å². The van der Waals surface area contributed by atoms with E-state index in [1.165, 1.54) is 0 Å². The molecule has 0 aromatic rings. The van der Waals surface area contributed by atoms with Crippen molar-refractivity contribution in [3.05, 3.63) is 0 Å². The molecule has 0 fully saturated rings. The Hall–Kier alpha value is -1.72. The van der Waals surface area contributed by atoms with Gasteiger partial charge >= 0.3 is 5.97 Å². The summed E-state index contributed by atoms with van der Waals surface area (Å²) in [5, 5.41) is 58.3. The van der Waals surface area contributed by atoms with Gasteiger partial charge in [0.05, 0.1) is 6.61 Å². The number of hydrogen-bond donors (Lipinski definition) is 5. The molecule has 0 aliphatic heterocycles. The number of carbonyl (C=O) groups is 4. The van der Waals surface area contributed by atoms with E-state index in [0.717, 1.165) is 109 Å². The normalized spacial score (nSPS) is 15.7. The van der Waals surface area contributed by atoms with Gasteiger partial charge in [-0.25, -0.2) is 0 Å². The van der Waals surface area contributed by atoms with E-state index in [4.69, 9.17) is 4.74 Å². The maximum atomic E-state index is 14.1. The van der Waals surface area contributed by atoms with Crippen LogP contribution in [-0.2, 0) is 23.9 Å². The third-order valence-electron chi connectivity index (χ3n) is 10.5. The van der Waals surface area contributed by atoms with E-state index < -0.39 is 59.4 Å². The van der Waals surface area contributed by atoms with Crippen LogP contribution in [0.2, 0.25) is 0 Å². The smallest absolute Gasteiger partial charge is 0.305 e. The number of aliphatic hydroxyl groups excluding tert-OH is 2. The van der Waals surface area contributed by atoms with Crippen LogP contribution in [-0.4, -0.2) is 85.0 Å². The molecule has 0 heterocycles. The number of rotatable bonds is 37. The molecule has 0 spiro atoms. The van der Waals surface area contributed by atoms with Gasteiger partial charge in [-0.2, -0.15) is 0 Å². The van der Waals surface area contributed by atoms with Crippen molar-refractivity contribution in [1.82, 2.24) is 0 Å². The van der Waals surface area contributed by atoms with E-state index in [1.807, 2.05) is 0 Å². The first kappa shape index (κ1) is 50.3. The van der Waals surface area contributed by atoms with Gasteiger partial charge in [-0.3, -0.25) is 19.2 Å². The van der Waals surface area contributed by atoms with Crippen LogP contribution in [0, 0.1) is 0 Å². The predicted molar refractivity (Wildman–Crippen MR) is 206 cm³/mol. The fourth-order valence-corrected chi connectivity index (χ4v) is 6.80. The van der Waals surface area contributed by atoms with Crippen molar-refractivity contribution in [2.24, 2.45) is 0 Å². The molecule has 0 aliphatic carbocycles. The van der Waals surface area contributed by atoms with Gasteiger partial charge in [0.15, 0.2) is 34.2 Å².